The van der Waals surface area contributed by atoms with Crippen molar-refractivity contribution in [2.45, 2.75) is 6.61 Å². The van der Waals surface area contributed by atoms with Gasteiger partial charge in [-0.25, -0.2) is 9.78 Å². The van der Waals surface area contributed by atoms with Gasteiger partial charge in [0.2, 0.25) is 0 Å². The molecular formula is C17H12ClNO3. The smallest absolute Gasteiger partial charge is 0.337 e. The molecule has 0 aliphatic rings. The fourth-order valence-corrected chi connectivity index (χ4v) is 2.30. The maximum absolute atomic E-state index is 11.0. The number of carboxylic acid groups (broad SMARTS) is 1. The first kappa shape index (κ1) is 14.4. The monoisotopic (exact) mass is 313 g/mol. The molecule has 0 amide bonds. The van der Waals surface area contributed by atoms with Crippen LogP contribution in [0.5, 0.6) is 5.75 Å². The van der Waals surface area contributed by atoms with Crippen LogP contribution < -0.4 is 4.74 Å². The van der Waals surface area contributed by atoms with E-state index in [-0.39, 0.29) is 17.2 Å². The second-order valence-corrected chi connectivity index (χ2v) is 5.14. The van der Waals surface area contributed by atoms with Crippen molar-refractivity contribution in [1.29, 1.82) is 0 Å². The average molecular weight is 314 g/mol. The standard InChI is InChI=1S/C17H12ClNO3/c18-15-8-7-13(9-14(15)17(20)21)22-10-12-6-5-11-3-1-2-4-16(11)19-12/h1-9H,10H2,(H,20,21). The van der Waals surface area contributed by atoms with Crippen molar-refractivity contribution in [2.75, 3.05) is 0 Å². The van der Waals surface area contributed by atoms with Gasteiger partial charge in [-0.05, 0) is 30.3 Å². The van der Waals surface area contributed by atoms with E-state index >= 15 is 0 Å². The predicted octanol–water partition coefficient (Wildman–Crippen LogP) is 4.17. The Kier molecular flexibility index (Phi) is 3.94. The first-order valence-electron chi connectivity index (χ1n) is 6.64. The van der Waals surface area contributed by atoms with Crippen LogP contribution in [0.2, 0.25) is 5.02 Å². The van der Waals surface area contributed by atoms with Gasteiger partial charge in [-0.1, -0.05) is 35.9 Å². The number of halogens is 1. The lowest BCUT2D eigenvalue weighted by molar-refractivity contribution is 0.0696. The third kappa shape index (κ3) is 3.02. The second kappa shape index (κ2) is 6.03. The highest BCUT2D eigenvalue weighted by Crippen LogP contribution is 2.23. The highest BCUT2D eigenvalue weighted by atomic mass is 35.5. The number of rotatable bonds is 4. The highest BCUT2D eigenvalue weighted by molar-refractivity contribution is 6.33. The van der Waals surface area contributed by atoms with Crippen LogP contribution in [0.3, 0.4) is 0 Å². The summed E-state index contributed by atoms with van der Waals surface area (Å²) >= 11 is 5.82. The predicted molar refractivity (Wildman–Crippen MR) is 84.5 cm³/mol. The molecule has 0 unspecified atom stereocenters. The molecule has 5 heteroatoms. The number of ether oxygens (including phenoxy) is 1. The molecule has 3 rings (SSSR count). The Morgan fingerprint density at radius 1 is 1.14 bits per heavy atom. The molecule has 4 nitrogen and oxygen atoms in total. The first-order valence-corrected chi connectivity index (χ1v) is 7.01. The lowest BCUT2D eigenvalue weighted by Crippen LogP contribution is -2.01. The number of carboxylic acids is 1. The molecular weight excluding hydrogens is 302 g/mol. The van der Waals surface area contributed by atoms with Gasteiger partial charge in [-0.2, -0.15) is 0 Å². The number of para-hydroxylation sites is 1. The van der Waals surface area contributed by atoms with Gasteiger partial charge in [0.15, 0.2) is 0 Å². The molecule has 0 saturated heterocycles. The van der Waals surface area contributed by atoms with E-state index in [1.807, 2.05) is 36.4 Å². The maximum atomic E-state index is 11.0. The van der Waals surface area contributed by atoms with Gasteiger partial charge in [0.1, 0.15) is 12.4 Å². The molecule has 110 valence electrons. The molecule has 0 fully saturated rings. The van der Waals surface area contributed by atoms with E-state index in [1.165, 1.54) is 12.1 Å². The Balaban J connectivity index is 1.79. The topological polar surface area (TPSA) is 59.4 Å². The van der Waals surface area contributed by atoms with Crippen LogP contribution in [0.25, 0.3) is 10.9 Å². The summed E-state index contributed by atoms with van der Waals surface area (Å²) in [5.74, 6) is -0.643. The summed E-state index contributed by atoms with van der Waals surface area (Å²) in [5.41, 5.74) is 1.68. The minimum atomic E-state index is -1.08. The van der Waals surface area contributed by atoms with Crippen LogP contribution in [0.1, 0.15) is 16.1 Å². The van der Waals surface area contributed by atoms with E-state index in [2.05, 4.69) is 4.98 Å². The maximum Gasteiger partial charge on any atom is 0.337 e. The minimum Gasteiger partial charge on any atom is -0.487 e. The van der Waals surface area contributed by atoms with Crippen LogP contribution in [-0.2, 0) is 6.61 Å². The summed E-state index contributed by atoms with van der Waals surface area (Å²) < 4.78 is 5.60. The van der Waals surface area contributed by atoms with Crippen molar-refractivity contribution in [1.82, 2.24) is 4.98 Å². The van der Waals surface area contributed by atoms with E-state index in [0.717, 1.165) is 16.6 Å². The second-order valence-electron chi connectivity index (χ2n) is 4.73. The van der Waals surface area contributed by atoms with Crippen molar-refractivity contribution >= 4 is 28.5 Å². The van der Waals surface area contributed by atoms with Crippen LogP contribution in [0, 0.1) is 0 Å². The minimum absolute atomic E-state index is 0.0191. The summed E-state index contributed by atoms with van der Waals surface area (Å²) in [4.78, 5) is 15.5. The number of aromatic nitrogens is 1. The quantitative estimate of drug-likeness (QED) is 0.785. The zero-order valence-corrected chi connectivity index (χ0v) is 12.2. The Labute approximate surface area is 131 Å². The number of hydrogen-bond donors (Lipinski definition) is 1. The van der Waals surface area contributed by atoms with Gasteiger partial charge in [0.05, 0.1) is 21.8 Å². The number of hydrogen-bond acceptors (Lipinski definition) is 3. The van der Waals surface area contributed by atoms with Crippen LogP contribution >= 0.6 is 11.6 Å². The average Bonchev–Trinajstić information content (AvgIpc) is 2.53. The summed E-state index contributed by atoms with van der Waals surface area (Å²) in [6.45, 7) is 0.255. The van der Waals surface area contributed by atoms with Crippen LogP contribution in [0.4, 0.5) is 0 Å². The van der Waals surface area contributed by atoms with Gasteiger partial charge >= 0.3 is 5.97 Å². The number of benzene rings is 2. The van der Waals surface area contributed by atoms with Crippen molar-refractivity contribution in [3.8, 4) is 5.75 Å². The molecule has 3 aromatic rings. The zero-order chi connectivity index (χ0) is 15.5. The van der Waals surface area contributed by atoms with E-state index in [9.17, 15) is 4.79 Å². The molecule has 0 radical (unpaired) electrons. The summed E-state index contributed by atoms with van der Waals surface area (Å²) in [6.07, 6.45) is 0. The number of pyridine rings is 1. The first-order chi connectivity index (χ1) is 10.6. The molecule has 1 N–H and O–H groups in total. The molecule has 22 heavy (non-hydrogen) atoms. The van der Waals surface area contributed by atoms with Crippen LogP contribution in [0.15, 0.2) is 54.6 Å². The van der Waals surface area contributed by atoms with Crippen LogP contribution in [-0.4, -0.2) is 16.1 Å². The van der Waals surface area contributed by atoms with Gasteiger partial charge < -0.3 is 9.84 Å². The molecule has 1 heterocycles. The van der Waals surface area contributed by atoms with Crippen molar-refractivity contribution in [3.05, 3.63) is 70.9 Å². The largest absolute Gasteiger partial charge is 0.487 e. The molecule has 0 bridgehead atoms. The zero-order valence-electron chi connectivity index (χ0n) is 11.5. The fraction of sp³-hybridized carbons (Fsp3) is 0.0588. The SMILES string of the molecule is O=C(O)c1cc(OCc2ccc3ccccc3n2)ccc1Cl. The van der Waals surface area contributed by atoms with Gasteiger partial charge in [0, 0.05) is 5.39 Å². The summed E-state index contributed by atoms with van der Waals surface area (Å²) in [7, 11) is 0. The van der Waals surface area contributed by atoms with E-state index < -0.39 is 5.97 Å². The van der Waals surface area contributed by atoms with Gasteiger partial charge in [-0.15, -0.1) is 0 Å². The van der Waals surface area contributed by atoms with E-state index in [0.29, 0.717) is 5.75 Å². The molecule has 0 spiro atoms. The number of carbonyl (C=O) groups is 1. The van der Waals surface area contributed by atoms with E-state index in [4.69, 9.17) is 21.4 Å². The number of nitrogens with zero attached hydrogens (tertiary/aromatic N) is 1. The Hall–Kier alpha value is -2.59. The normalized spacial score (nSPS) is 10.6. The van der Waals surface area contributed by atoms with Crippen molar-refractivity contribution in [3.63, 3.8) is 0 Å². The Morgan fingerprint density at radius 2 is 1.95 bits per heavy atom. The number of fused-ring (bicyclic) bond motifs is 1. The third-order valence-corrected chi connectivity index (χ3v) is 3.54. The molecule has 0 saturated carbocycles. The Morgan fingerprint density at radius 3 is 2.77 bits per heavy atom. The van der Waals surface area contributed by atoms with Gasteiger partial charge in [-0.3, -0.25) is 0 Å². The Bertz CT molecular complexity index is 848. The third-order valence-electron chi connectivity index (χ3n) is 3.21. The molecule has 0 aliphatic heterocycles. The molecule has 0 atom stereocenters. The van der Waals surface area contributed by atoms with Crippen molar-refractivity contribution < 1.29 is 14.6 Å². The highest BCUT2D eigenvalue weighted by Gasteiger charge is 2.10. The van der Waals surface area contributed by atoms with Gasteiger partial charge in [0.25, 0.3) is 0 Å². The summed E-state index contributed by atoms with van der Waals surface area (Å²) in [5, 5.41) is 10.3. The lowest BCUT2D eigenvalue weighted by atomic mass is 10.2. The summed E-state index contributed by atoms with van der Waals surface area (Å²) in [6, 6.07) is 16.2. The molecule has 0 aliphatic carbocycles. The lowest BCUT2D eigenvalue weighted by Gasteiger charge is -2.08. The number of aromatic carboxylic acids is 1. The fourth-order valence-electron chi connectivity index (χ4n) is 2.10. The van der Waals surface area contributed by atoms with E-state index in [1.54, 1.807) is 6.07 Å². The molecule has 1 aromatic heterocycles. The molecule has 2 aromatic carbocycles. The van der Waals surface area contributed by atoms with Crippen molar-refractivity contribution in [2.24, 2.45) is 0 Å².